The minimum absolute atomic E-state index is 0.0294. The Morgan fingerprint density at radius 1 is 1.17 bits per heavy atom. The number of rotatable bonds is 3. The van der Waals surface area contributed by atoms with Crippen LogP contribution in [0.25, 0.3) is 0 Å². The fourth-order valence-corrected chi connectivity index (χ4v) is 3.99. The van der Waals surface area contributed by atoms with Crippen molar-refractivity contribution in [1.82, 2.24) is 24.2 Å². The third kappa shape index (κ3) is 3.10. The van der Waals surface area contributed by atoms with E-state index in [4.69, 9.17) is 0 Å². The third-order valence-corrected chi connectivity index (χ3v) is 5.71. The van der Waals surface area contributed by atoms with E-state index in [0.717, 1.165) is 0 Å². The van der Waals surface area contributed by atoms with Gasteiger partial charge in [0, 0.05) is 32.4 Å². The Balaban J connectivity index is 1.75. The van der Waals surface area contributed by atoms with E-state index in [1.807, 2.05) is 0 Å². The van der Waals surface area contributed by atoms with Crippen molar-refractivity contribution < 1.29 is 13.2 Å². The third-order valence-electron chi connectivity index (χ3n) is 3.88. The van der Waals surface area contributed by atoms with Gasteiger partial charge < -0.3 is 14.9 Å². The van der Waals surface area contributed by atoms with E-state index in [-0.39, 0.29) is 23.7 Å². The molecule has 2 aromatic heterocycles. The summed E-state index contributed by atoms with van der Waals surface area (Å²) >= 11 is 0. The molecule has 1 saturated heterocycles. The molecule has 2 aromatic rings. The van der Waals surface area contributed by atoms with Gasteiger partial charge in [-0.2, -0.15) is 4.31 Å². The molecule has 1 fully saturated rings. The summed E-state index contributed by atoms with van der Waals surface area (Å²) < 4.78 is 26.3. The van der Waals surface area contributed by atoms with Crippen molar-refractivity contribution in [2.45, 2.75) is 11.4 Å². The molecule has 128 valence electrons. The van der Waals surface area contributed by atoms with Crippen molar-refractivity contribution in [2.75, 3.05) is 26.2 Å². The molecule has 1 amide bonds. The van der Waals surface area contributed by atoms with Gasteiger partial charge in [0.15, 0.2) is 5.03 Å². The zero-order valence-electron chi connectivity index (χ0n) is 12.8. The molecule has 10 heteroatoms. The Labute approximate surface area is 138 Å². The number of hydrogen-bond donors (Lipinski definition) is 2. The van der Waals surface area contributed by atoms with Crippen LogP contribution in [0.2, 0.25) is 0 Å². The first-order valence-electron chi connectivity index (χ1n) is 7.45. The molecule has 1 aliphatic heterocycles. The molecule has 0 radical (unpaired) electrons. The van der Waals surface area contributed by atoms with Crippen LogP contribution in [0.4, 0.5) is 0 Å². The molecule has 0 aliphatic carbocycles. The molecule has 1 aliphatic rings. The quantitative estimate of drug-likeness (QED) is 0.782. The standard InChI is InChI=1S/C14H17N5O4S/c20-13-11(3-1-4-16-13)14(21)18-5-2-6-19(8-7-18)24(22,23)12-9-15-10-17-12/h1,3-4,9-10H,2,5-8H2,(H,15,17)(H,16,20). The number of carbonyl (C=O) groups is 1. The zero-order valence-corrected chi connectivity index (χ0v) is 13.6. The van der Waals surface area contributed by atoms with Crippen LogP contribution >= 0.6 is 0 Å². The number of aromatic amines is 2. The van der Waals surface area contributed by atoms with Crippen LogP contribution in [0, 0.1) is 0 Å². The van der Waals surface area contributed by atoms with E-state index < -0.39 is 21.5 Å². The van der Waals surface area contributed by atoms with Crippen LogP contribution in [0.5, 0.6) is 0 Å². The molecule has 0 bridgehead atoms. The predicted octanol–water partition coefficient (Wildman–Crippen LogP) is -0.365. The van der Waals surface area contributed by atoms with E-state index in [2.05, 4.69) is 15.0 Å². The maximum atomic E-state index is 12.5. The highest BCUT2D eigenvalue weighted by Gasteiger charge is 2.29. The summed E-state index contributed by atoms with van der Waals surface area (Å²) in [5.41, 5.74) is -0.393. The molecule has 3 rings (SSSR count). The Hall–Kier alpha value is -2.46. The Morgan fingerprint density at radius 3 is 2.71 bits per heavy atom. The number of pyridine rings is 1. The molecule has 2 N–H and O–H groups in total. The normalized spacial score (nSPS) is 16.8. The summed E-state index contributed by atoms with van der Waals surface area (Å²) in [5, 5.41) is 0.0294. The average molecular weight is 351 g/mol. The lowest BCUT2D eigenvalue weighted by molar-refractivity contribution is 0.0762. The first kappa shape index (κ1) is 16.4. The Morgan fingerprint density at radius 2 is 2.00 bits per heavy atom. The van der Waals surface area contributed by atoms with E-state index in [9.17, 15) is 18.0 Å². The Bertz CT molecular complexity index is 875. The highest BCUT2D eigenvalue weighted by Crippen LogP contribution is 2.15. The van der Waals surface area contributed by atoms with Gasteiger partial charge in [0.1, 0.15) is 5.56 Å². The van der Waals surface area contributed by atoms with Crippen molar-refractivity contribution in [3.05, 3.63) is 46.8 Å². The number of imidazole rings is 1. The first-order valence-corrected chi connectivity index (χ1v) is 8.89. The molecular weight excluding hydrogens is 334 g/mol. The summed E-state index contributed by atoms with van der Waals surface area (Å²) in [7, 11) is -3.65. The van der Waals surface area contributed by atoms with Gasteiger partial charge in [-0.15, -0.1) is 0 Å². The number of nitrogens with zero attached hydrogens (tertiary/aromatic N) is 3. The number of amides is 1. The highest BCUT2D eigenvalue weighted by atomic mass is 32.2. The molecule has 0 aromatic carbocycles. The van der Waals surface area contributed by atoms with Crippen molar-refractivity contribution >= 4 is 15.9 Å². The number of sulfonamides is 1. The zero-order chi connectivity index (χ0) is 17.2. The lowest BCUT2D eigenvalue weighted by atomic mass is 10.2. The molecule has 0 atom stereocenters. The van der Waals surface area contributed by atoms with E-state index >= 15 is 0 Å². The van der Waals surface area contributed by atoms with Crippen LogP contribution in [-0.2, 0) is 10.0 Å². The molecule has 0 unspecified atom stereocenters. The largest absolute Gasteiger partial charge is 0.337 e. The minimum Gasteiger partial charge on any atom is -0.337 e. The number of H-pyrrole nitrogens is 2. The fraction of sp³-hybridized carbons (Fsp3) is 0.357. The number of carbonyl (C=O) groups excluding carboxylic acids is 1. The van der Waals surface area contributed by atoms with E-state index in [1.54, 1.807) is 6.07 Å². The Kier molecular flexibility index (Phi) is 4.49. The maximum Gasteiger partial charge on any atom is 0.260 e. The number of aromatic nitrogens is 3. The van der Waals surface area contributed by atoms with Gasteiger partial charge >= 0.3 is 0 Å². The monoisotopic (exact) mass is 351 g/mol. The summed E-state index contributed by atoms with van der Waals surface area (Å²) in [6, 6.07) is 3.05. The van der Waals surface area contributed by atoms with E-state index in [0.29, 0.717) is 19.5 Å². The van der Waals surface area contributed by atoms with Crippen LogP contribution < -0.4 is 5.56 Å². The van der Waals surface area contributed by atoms with Crippen LogP contribution in [0.15, 0.2) is 40.7 Å². The van der Waals surface area contributed by atoms with Crippen LogP contribution in [0.1, 0.15) is 16.8 Å². The fourth-order valence-electron chi connectivity index (χ4n) is 2.62. The van der Waals surface area contributed by atoms with Gasteiger partial charge in [-0.25, -0.2) is 13.4 Å². The second-order valence-corrected chi connectivity index (χ2v) is 7.28. The topological polar surface area (TPSA) is 119 Å². The van der Waals surface area contributed by atoms with Gasteiger partial charge in [0.05, 0.1) is 12.5 Å². The summed E-state index contributed by atoms with van der Waals surface area (Å²) in [6.45, 7) is 1.08. The van der Waals surface area contributed by atoms with Crippen LogP contribution in [-0.4, -0.2) is 64.7 Å². The lowest BCUT2D eigenvalue weighted by Crippen LogP contribution is -2.39. The van der Waals surface area contributed by atoms with Crippen LogP contribution in [0.3, 0.4) is 0 Å². The highest BCUT2D eigenvalue weighted by molar-refractivity contribution is 7.89. The average Bonchev–Trinajstić information content (AvgIpc) is 3.00. The van der Waals surface area contributed by atoms with Crippen molar-refractivity contribution in [3.8, 4) is 0 Å². The molecule has 0 saturated carbocycles. The summed E-state index contributed by atoms with van der Waals surface area (Å²) in [4.78, 5) is 34.5. The van der Waals surface area contributed by atoms with Gasteiger partial charge in [-0.1, -0.05) is 0 Å². The minimum atomic E-state index is -3.65. The van der Waals surface area contributed by atoms with Gasteiger partial charge in [-0.3, -0.25) is 9.59 Å². The predicted molar refractivity (Wildman–Crippen MR) is 84.9 cm³/mol. The van der Waals surface area contributed by atoms with Crippen molar-refractivity contribution in [1.29, 1.82) is 0 Å². The smallest absolute Gasteiger partial charge is 0.260 e. The van der Waals surface area contributed by atoms with Gasteiger partial charge in [0.2, 0.25) is 0 Å². The van der Waals surface area contributed by atoms with Crippen molar-refractivity contribution in [3.63, 3.8) is 0 Å². The molecule has 0 spiro atoms. The molecule has 9 nitrogen and oxygen atoms in total. The lowest BCUT2D eigenvalue weighted by Gasteiger charge is -2.21. The first-order chi connectivity index (χ1) is 11.5. The molecule has 24 heavy (non-hydrogen) atoms. The number of nitrogens with one attached hydrogen (secondary N) is 2. The van der Waals surface area contributed by atoms with Gasteiger partial charge in [-0.05, 0) is 18.6 Å². The SMILES string of the molecule is O=C(c1ccc[nH]c1=O)N1CCCN(S(=O)(=O)c2cnc[nH]2)CC1. The second kappa shape index (κ2) is 6.57. The van der Waals surface area contributed by atoms with Crippen molar-refractivity contribution in [2.24, 2.45) is 0 Å². The van der Waals surface area contributed by atoms with Gasteiger partial charge in [0.25, 0.3) is 21.5 Å². The van der Waals surface area contributed by atoms with E-state index in [1.165, 1.54) is 34.0 Å². The second-order valence-electron chi connectivity index (χ2n) is 5.38. The summed E-state index contributed by atoms with van der Waals surface area (Å²) in [6.07, 6.45) is 4.51. The molecular formula is C14H17N5O4S. The molecule has 3 heterocycles. The maximum absolute atomic E-state index is 12.5. The number of hydrogen-bond acceptors (Lipinski definition) is 5. The summed E-state index contributed by atoms with van der Waals surface area (Å²) in [5.74, 6) is -0.391.